The minimum Gasteiger partial charge on any atom is -0.465 e. The van der Waals surface area contributed by atoms with Gasteiger partial charge in [-0.25, -0.2) is 9.59 Å². The van der Waals surface area contributed by atoms with E-state index in [4.69, 9.17) is 4.74 Å². The van der Waals surface area contributed by atoms with Crippen molar-refractivity contribution < 1.29 is 29.3 Å². The van der Waals surface area contributed by atoms with Gasteiger partial charge in [0.25, 0.3) is 0 Å². The minimum absolute atomic E-state index is 0.0797. The number of ether oxygens (including phenoxy) is 2. The molecular weight excluding hydrogens is 424 g/mol. The Hall–Kier alpha value is -3.75. The van der Waals surface area contributed by atoms with Crippen molar-refractivity contribution in [1.29, 1.82) is 0 Å². The summed E-state index contributed by atoms with van der Waals surface area (Å²) >= 11 is 0. The maximum absolute atomic E-state index is 12.3. The van der Waals surface area contributed by atoms with E-state index in [1.165, 1.54) is 25.4 Å². The van der Waals surface area contributed by atoms with Crippen LogP contribution in [0.25, 0.3) is 11.1 Å². The zero-order valence-electron chi connectivity index (χ0n) is 18.0. The number of pyridine rings is 1. The molecule has 1 aromatic heterocycles. The predicted molar refractivity (Wildman–Crippen MR) is 120 cm³/mol. The fourth-order valence-corrected chi connectivity index (χ4v) is 4.00. The second kappa shape index (κ2) is 9.81. The summed E-state index contributed by atoms with van der Waals surface area (Å²) in [6, 6.07) is 18.8. The number of esters is 1. The fraction of sp³-hybridized carbons (Fsp3) is 0.240. The predicted octanol–water partition coefficient (Wildman–Crippen LogP) is 2.80. The highest BCUT2D eigenvalue weighted by Crippen LogP contribution is 2.44. The minimum atomic E-state index is -1.41. The van der Waals surface area contributed by atoms with E-state index in [0.29, 0.717) is 0 Å². The van der Waals surface area contributed by atoms with Gasteiger partial charge >= 0.3 is 12.1 Å². The van der Waals surface area contributed by atoms with Crippen LogP contribution in [0.4, 0.5) is 4.79 Å². The molecule has 0 fully saturated rings. The van der Waals surface area contributed by atoms with Crippen LogP contribution in [-0.2, 0) is 9.47 Å². The number of amides is 1. The van der Waals surface area contributed by atoms with Crippen LogP contribution in [0.2, 0.25) is 0 Å². The van der Waals surface area contributed by atoms with E-state index in [-0.39, 0.29) is 30.3 Å². The number of methoxy groups -OCH3 is 1. The van der Waals surface area contributed by atoms with E-state index in [1.54, 1.807) is 0 Å². The SMILES string of the molecule is COC(=O)c1ccnc(C(O)C(O)CNC(=O)OCC2c3ccccc3-c3ccccc32)c1. The van der Waals surface area contributed by atoms with Gasteiger partial charge in [0.2, 0.25) is 0 Å². The number of hydrogen-bond donors (Lipinski definition) is 3. The maximum atomic E-state index is 12.3. The molecule has 8 heteroatoms. The largest absolute Gasteiger partial charge is 0.465 e. The average molecular weight is 448 g/mol. The molecule has 170 valence electrons. The van der Waals surface area contributed by atoms with Crippen LogP contribution in [0, 0.1) is 0 Å². The van der Waals surface area contributed by atoms with Gasteiger partial charge in [-0.15, -0.1) is 0 Å². The molecule has 1 aliphatic rings. The average Bonchev–Trinajstić information content (AvgIpc) is 3.18. The van der Waals surface area contributed by atoms with E-state index < -0.39 is 24.3 Å². The maximum Gasteiger partial charge on any atom is 0.407 e. The Balaban J connectivity index is 1.33. The molecule has 2 unspecified atom stereocenters. The van der Waals surface area contributed by atoms with Crippen LogP contribution in [0.1, 0.15) is 39.2 Å². The summed E-state index contributed by atoms with van der Waals surface area (Å²) in [6.45, 7) is -0.122. The van der Waals surface area contributed by atoms with Gasteiger partial charge in [0.05, 0.1) is 18.4 Å². The summed E-state index contributed by atoms with van der Waals surface area (Å²) in [5, 5.41) is 23.1. The molecule has 8 nitrogen and oxygen atoms in total. The van der Waals surface area contributed by atoms with Crippen LogP contribution in [0.15, 0.2) is 66.9 Å². The molecule has 0 saturated heterocycles. The molecular formula is C25H24N2O6. The van der Waals surface area contributed by atoms with E-state index in [2.05, 4.69) is 27.2 Å². The van der Waals surface area contributed by atoms with E-state index in [0.717, 1.165) is 22.3 Å². The van der Waals surface area contributed by atoms with Crippen LogP contribution in [0.3, 0.4) is 0 Å². The van der Waals surface area contributed by atoms with Crippen LogP contribution < -0.4 is 5.32 Å². The lowest BCUT2D eigenvalue weighted by Gasteiger charge is -2.19. The first kappa shape index (κ1) is 22.4. The summed E-state index contributed by atoms with van der Waals surface area (Å²) < 4.78 is 10.1. The van der Waals surface area contributed by atoms with Gasteiger partial charge < -0.3 is 25.0 Å². The Morgan fingerprint density at radius 3 is 2.30 bits per heavy atom. The van der Waals surface area contributed by atoms with Gasteiger partial charge in [-0.2, -0.15) is 0 Å². The highest BCUT2D eigenvalue weighted by atomic mass is 16.5. The summed E-state index contributed by atoms with van der Waals surface area (Å²) in [5.41, 5.74) is 4.72. The molecule has 3 N–H and O–H groups in total. The second-order valence-electron chi connectivity index (χ2n) is 7.68. The van der Waals surface area contributed by atoms with Crippen molar-refractivity contribution >= 4 is 12.1 Å². The van der Waals surface area contributed by atoms with Gasteiger partial charge in [-0.05, 0) is 34.4 Å². The number of carbonyl (C=O) groups is 2. The van der Waals surface area contributed by atoms with Crippen molar-refractivity contribution in [3.63, 3.8) is 0 Å². The highest BCUT2D eigenvalue weighted by Gasteiger charge is 2.29. The van der Waals surface area contributed by atoms with Gasteiger partial charge in [0.15, 0.2) is 0 Å². The summed E-state index contributed by atoms with van der Waals surface area (Å²) in [4.78, 5) is 27.9. The lowest BCUT2D eigenvalue weighted by Crippen LogP contribution is -2.36. The number of aliphatic hydroxyl groups excluding tert-OH is 2. The summed E-state index contributed by atoms with van der Waals surface area (Å²) in [6.07, 6.45) is -2.15. The molecule has 1 heterocycles. The standard InChI is InChI=1S/C25H24N2O6/c1-32-24(30)15-10-11-26-21(12-15)23(29)22(28)13-27-25(31)33-14-20-18-8-4-2-6-16(18)17-7-3-5-9-19(17)20/h2-12,20,22-23,28-29H,13-14H2,1H3,(H,27,31). The van der Waals surface area contributed by atoms with Gasteiger partial charge in [0.1, 0.15) is 18.8 Å². The summed E-state index contributed by atoms with van der Waals surface area (Å²) in [5.74, 6) is -0.666. The summed E-state index contributed by atoms with van der Waals surface area (Å²) in [7, 11) is 1.24. The van der Waals surface area contributed by atoms with E-state index in [9.17, 15) is 19.8 Å². The number of nitrogens with one attached hydrogen (secondary N) is 1. The van der Waals surface area contributed by atoms with Crippen LogP contribution in [-0.4, -0.2) is 53.6 Å². The molecule has 0 bridgehead atoms. The van der Waals surface area contributed by atoms with Crippen LogP contribution in [0.5, 0.6) is 0 Å². The number of rotatable bonds is 7. The normalized spacial score (nSPS) is 14.0. The zero-order valence-corrected chi connectivity index (χ0v) is 18.0. The zero-order chi connectivity index (χ0) is 23.4. The molecule has 2 aromatic carbocycles. The Morgan fingerprint density at radius 2 is 1.67 bits per heavy atom. The monoisotopic (exact) mass is 448 g/mol. The molecule has 1 aliphatic carbocycles. The van der Waals surface area contributed by atoms with E-state index >= 15 is 0 Å². The third-order valence-corrected chi connectivity index (χ3v) is 5.67. The van der Waals surface area contributed by atoms with Crippen molar-refractivity contribution in [3.8, 4) is 11.1 Å². The Labute approximate surface area is 190 Å². The third kappa shape index (κ3) is 4.72. The molecule has 0 saturated carbocycles. The highest BCUT2D eigenvalue weighted by molar-refractivity contribution is 5.89. The first-order valence-electron chi connectivity index (χ1n) is 10.5. The molecule has 0 aliphatic heterocycles. The van der Waals surface area contributed by atoms with Crippen molar-refractivity contribution in [2.45, 2.75) is 18.1 Å². The number of alkyl carbamates (subject to hydrolysis) is 1. The van der Waals surface area contributed by atoms with Gasteiger partial charge in [-0.1, -0.05) is 48.5 Å². The number of benzene rings is 2. The first-order chi connectivity index (χ1) is 16.0. The lowest BCUT2D eigenvalue weighted by atomic mass is 9.98. The van der Waals surface area contributed by atoms with E-state index in [1.807, 2.05) is 36.4 Å². The molecule has 2 atom stereocenters. The van der Waals surface area contributed by atoms with Crippen molar-refractivity contribution in [2.24, 2.45) is 0 Å². The fourth-order valence-electron chi connectivity index (χ4n) is 4.00. The first-order valence-corrected chi connectivity index (χ1v) is 10.5. The number of aromatic nitrogens is 1. The quantitative estimate of drug-likeness (QED) is 0.476. The molecule has 4 rings (SSSR count). The molecule has 0 spiro atoms. The second-order valence-corrected chi connectivity index (χ2v) is 7.68. The Morgan fingerprint density at radius 1 is 1.03 bits per heavy atom. The number of nitrogens with zero attached hydrogens (tertiary/aromatic N) is 1. The molecule has 3 aromatic rings. The van der Waals surface area contributed by atoms with Crippen molar-refractivity contribution in [3.05, 3.63) is 89.2 Å². The van der Waals surface area contributed by atoms with Crippen LogP contribution >= 0.6 is 0 Å². The lowest BCUT2D eigenvalue weighted by molar-refractivity contribution is 0.0160. The number of hydrogen-bond acceptors (Lipinski definition) is 7. The molecule has 0 radical (unpaired) electrons. The number of fused-ring (bicyclic) bond motifs is 3. The number of aliphatic hydroxyl groups is 2. The molecule has 1 amide bonds. The molecule has 33 heavy (non-hydrogen) atoms. The van der Waals surface area contributed by atoms with Crippen molar-refractivity contribution in [2.75, 3.05) is 20.3 Å². The Kier molecular flexibility index (Phi) is 6.67. The Bertz CT molecular complexity index is 1120. The topological polar surface area (TPSA) is 118 Å². The van der Waals surface area contributed by atoms with Gasteiger partial charge in [0, 0.05) is 18.7 Å². The van der Waals surface area contributed by atoms with Crippen molar-refractivity contribution in [1.82, 2.24) is 10.3 Å². The number of carbonyl (C=O) groups excluding carboxylic acids is 2. The third-order valence-electron chi connectivity index (χ3n) is 5.67. The van der Waals surface area contributed by atoms with Gasteiger partial charge in [-0.3, -0.25) is 4.98 Å². The smallest absolute Gasteiger partial charge is 0.407 e.